The van der Waals surface area contributed by atoms with Gasteiger partial charge >= 0.3 is 0 Å². The minimum Gasteiger partial charge on any atom is -0.493 e. The molecule has 4 rings (SSSR count). The van der Waals surface area contributed by atoms with Crippen LogP contribution in [0.1, 0.15) is 42.4 Å². The fourth-order valence-corrected chi connectivity index (χ4v) is 4.60. The minimum atomic E-state index is 0.0508. The summed E-state index contributed by atoms with van der Waals surface area (Å²) in [6, 6.07) is 16.5. The molecule has 0 atom stereocenters. The molecule has 1 fully saturated rings. The van der Waals surface area contributed by atoms with Crippen LogP contribution in [0.4, 0.5) is 0 Å². The number of morpholine rings is 1. The fraction of sp³-hybridized carbons (Fsp3) is 0.500. The number of hydrogen-bond donors (Lipinski definition) is 1. The average molecular weight is 480 g/mol. The van der Waals surface area contributed by atoms with Crippen LogP contribution in [-0.2, 0) is 33.8 Å². The van der Waals surface area contributed by atoms with Crippen LogP contribution in [-0.4, -0.2) is 67.6 Å². The molecule has 2 aliphatic heterocycles. The van der Waals surface area contributed by atoms with Gasteiger partial charge in [0.25, 0.3) is 0 Å². The predicted molar refractivity (Wildman–Crippen MR) is 135 cm³/mol. The Labute approximate surface area is 208 Å². The van der Waals surface area contributed by atoms with E-state index in [0.29, 0.717) is 71.9 Å². The number of fused-ring (bicyclic) bond motifs is 1. The first kappa shape index (κ1) is 25.2. The lowest BCUT2D eigenvalue weighted by molar-refractivity contribution is -0.135. The van der Waals surface area contributed by atoms with Gasteiger partial charge in [-0.15, -0.1) is 0 Å². The number of carbonyl (C=O) groups is 2. The van der Waals surface area contributed by atoms with Gasteiger partial charge < -0.3 is 19.7 Å². The molecule has 2 amide bonds. The van der Waals surface area contributed by atoms with E-state index in [1.807, 2.05) is 29.2 Å². The summed E-state index contributed by atoms with van der Waals surface area (Å²) < 4.78 is 11.5. The van der Waals surface area contributed by atoms with Gasteiger partial charge in [-0.2, -0.15) is 0 Å². The number of carbonyl (C=O) groups excluding carboxylic acids is 2. The second kappa shape index (κ2) is 13.3. The highest BCUT2D eigenvalue weighted by Gasteiger charge is 2.18. The van der Waals surface area contributed by atoms with E-state index in [9.17, 15) is 9.59 Å². The Morgan fingerprint density at radius 2 is 1.74 bits per heavy atom. The second-order valence-corrected chi connectivity index (χ2v) is 9.33. The van der Waals surface area contributed by atoms with Gasteiger partial charge in [-0.05, 0) is 42.9 Å². The Balaban J connectivity index is 1.50. The zero-order valence-corrected chi connectivity index (χ0v) is 20.5. The number of rotatable bonds is 5. The van der Waals surface area contributed by atoms with E-state index < -0.39 is 0 Å². The van der Waals surface area contributed by atoms with E-state index in [0.717, 1.165) is 36.1 Å². The first-order valence-corrected chi connectivity index (χ1v) is 12.8. The molecule has 0 saturated carbocycles. The van der Waals surface area contributed by atoms with E-state index in [1.54, 1.807) is 0 Å². The van der Waals surface area contributed by atoms with Gasteiger partial charge in [0.05, 0.1) is 26.4 Å². The van der Waals surface area contributed by atoms with Crippen molar-refractivity contribution in [1.29, 1.82) is 0 Å². The summed E-state index contributed by atoms with van der Waals surface area (Å²) in [6.45, 7) is 5.55. The molecule has 1 saturated heterocycles. The highest BCUT2D eigenvalue weighted by Crippen LogP contribution is 2.24. The Kier molecular flexibility index (Phi) is 9.55. The molecule has 7 nitrogen and oxygen atoms in total. The quantitative estimate of drug-likeness (QED) is 0.713. The monoisotopic (exact) mass is 479 g/mol. The zero-order chi connectivity index (χ0) is 24.3. The number of ether oxygens (including phenoxy) is 2. The molecule has 188 valence electrons. The van der Waals surface area contributed by atoms with Gasteiger partial charge in [0, 0.05) is 44.7 Å². The van der Waals surface area contributed by atoms with Crippen LogP contribution in [0.5, 0.6) is 5.75 Å². The molecule has 7 heteroatoms. The first-order chi connectivity index (χ1) is 17.2. The topological polar surface area (TPSA) is 71.1 Å². The summed E-state index contributed by atoms with van der Waals surface area (Å²) in [5.41, 5.74) is 3.34. The van der Waals surface area contributed by atoms with Gasteiger partial charge in [-0.25, -0.2) is 0 Å². The second-order valence-electron chi connectivity index (χ2n) is 9.33. The molecule has 0 aromatic heterocycles. The molecule has 0 aliphatic carbocycles. The van der Waals surface area contributed by atoms with Crippen LogP contribution < -0.4 is 10.1 Å². The third kappa shape index (κ3) is 8.08. The summed E-state index contributed by atoms with van der Waals surface area (Å²) in [7, 11) is 0. The highest BCUT2D eigenvalue weighted by atomic mass is 16.5. The number of nitrogens with zero attached hydrogens (tertiary/aromatic N) is 2. The van der Waals surface area contributed by atoms with Crippen LogP contribution in [0.2, 0.25) is 0 Å². The predicted octanol–water partition coefficient (Wildman–Crippen LogP) is 3.16. The number of amides is 2. The van der Waals surface area contributed by atoms with Crippen LogP contribution in [0.25, 0.3) is 0 Å². The van der Waals surface area contributed by atoms with Crippen molar-refractivity contribution in [2.45, 2.75) is 45.2 Å². The smallest absolute Gasteiger partial charge is 0.234 e. The van der Waals surface area contributed by atoms with Crippen LogP contribution in [0.15, 0.2) is 48.5 Å². The average Bonchev–Trinajstić information content (AvgIpc) is 2.89. The van der Waals surface area contributed by atoms with Crippen LogP contribution in [0, 0.1) is 0 Å². The zero-order valence-electron chi connectivity index (χ0n) is 20.5. The maximum atomic E-state index is 12.7. The molecule has 2 aliphatic rings. The molecular weight excluding hydrogens is 442 g/mol. The third-order valence-corrected chi connectivity index (χ3v) is 6.53. The van der Waals surface area contributed by atoms with Gasteiger partial charge in [0.15, 0.2) is 0 Å². The van der Waals surface area contributed by atoms with Crippen LogP contribution in [0.3, 0.4) is 0 Å². The number of aryl methyl sites for hydroxylation is 1. The van der Waals surface area contributed by atoms with E-state index in [4.69, 9.17) is 9.47 Å². The van der Waals surface area contributed by atoms with E-state index in [2.05, 4.69) is 34.5 Å². The van der Waals surface area contributed by atoms with Crippen molar-refractivity contribution in [3.63, 3.8) is 0 Å². The Morgan fingerprint density at radius 3 is 2.57 bits per heavy atom. The first-order valence-electron chi connectivity index (χ1n) is 12.8. The van der Waals surface area contributed by atoms with E-state index in [1.165, 1.54) is 5.56 Å². The molecule has 1 N–H and O–H groups in total. The molecule has 0 spiro atoms. The molecular formula is C28H37N3O4. The molecule has 2 aromatic rings. The van der Waals surface area contributed by atoms with Crippen molar-refractivity contribution in [2.75, 3.05) is 46.0 Å². The van der Waals surface area contributed by atoms with Crippen molar-refractivity contribution in [2.24, 2.45) is 0 Å². The SMILES string of the molecule is O=C1CN(Cc2ccccc2)Cc2cc(CCC(=O)N3CCOCC3)ccc2OCCCCCN1. The molecule has 0 unspecified atom stereocenters. The van der Waals surface area contributed by atoms with Crippen LogP contribution >= 0.6 is 0 Å². The minimum absolute atomic E-state index is 0.0508. The van der Waals surface area contributed by atoms with Gasteiger partial charge in [-0.3, -0.25) is 14.5 Å². The molecule has 2 heterocycles. The van der Waals surface area contributed by atoms with E-state index >= 15 is 0 Å². The molecule has 0 radical (unpaired) electrons. The maximum Gasteiger partial charge on any atom is 0.234 e. The van der Waals surface area contributed by atoms with Crippen molar-refractivity contribution in [3.05, 3.63) is 65.2 Å². The Hall–Kier alpha value is -2.90. The number of benzene rings is 2. The van der Waals surface area contributed by atoms with Crippen molar-refractivity contribution < 1.29 is 19.1 Å². The number of nitrogens with one attached hydrogen (secondary N) is 1. The number of hydrogen-bond acceptors (Lipinski definition) is 5. The Morgan fingerprint density at radius 1 is 0.914 bits per heavy atom. The lowest BCUT2D eigenvalue weighted by atomic mass is 10.0. The third-order valence-electron chi connectivity index (χ3n) is 6.53. The molecule has 0 bridgehead atoms. The Bertz CT molecular complexity index is 960. The van der Waals surface area contributed by atoms with E-state index in [-0.39, 0.29) is 11.8 Å². The summed E-state index contributed by atoms with van der Waals surface area (Å²) in [6.07, 6.45) is 4.10. The molecule has 35 heavy (non-hydrogen) atoms. The maximum absolute atomic E-state index is 12.7. The van der Waals surface area contributed by atoms with Gasteiger partial charge in [-0.1, -0.05) is 42.5 Å². The van der Waals surface area contributed by atoms with Crippen molar-refractivity contribution in [1.82, 2.24) is 15.1 Å². The standard InChI is InChI=1S/C28H37N3O4/c32-27-22-30(20-24-7-3-1-4-8-24)21-25-19-23(10-12-28(33)31-14-17-34-18-15-31)9-11-26(25)35-16-6-2-5-13-29-27/h1,3-4,7-9,11,19H,2,5-6,10,12-18,20-22H2,(H,29,32). The summed E-state index contributed by atoms with van der Waals surface area (Å²) in [5, 5.41) is 3.06. The van der Waals surface area contributed by atoms with Gasteiger partial charge in [0.2, 0.25) is 11.8 Å². The molecule has 2 aromatic carbocycles. The summed E-state index contributed by atoms with van der Waals surface area (Å²) in [5.74, 6) is 1.09. The lowest BCUT2D eigenvalue weighted by Gasteiger charge is -2.27. The largest absolute Gasteiger partial charge is 0.493 e. The summed E-state index contributed by atoms with van der Waals surface area (Å²) >= 11 is 0. The lowest BCUT2D eigenvalue weighted by Crippen LogP contribution is -2.40. The fourth-order valence-electron chi connectivity index (χ4n) is 4.60. The normalized spacial score (nSPS) is 18.3. The van der Waals surface area contributed by atoms with Gasteiger partial charge in [0.1, 0.15) is 5.75 Å². The summed E-state index contributed by atoms with van der Waals surface area (Å²) in [4.78, 5) is 29.3. The highest BCUT2D eigenvalue weighted by molar-refractivity contribution is 5.78. The van der Waals surface area contributed by atoms with Crippen molar-refractivity contribution >= 4 is 11.8 Å². The van der Waals surface area contributed by atoms with Crippen molar-refractivity contribution in [3.8, 4) is 5.75 Å².